The molecule has 2 rings (SSSR count). The summed E-state index contributed by atoms with van der Waals surface area (Å²) in [7, 11) is 0. The molecule has 6 heteroatoms. The molecule has 19 heavy (non-hydrogen) atoms. The van der Waals surface area contributed by atoms with E-state index in [0.29, 0.717) is 6.54 Å². The molecule has 1 atom stereocenters. The molecule has 0 bridgehead atoms. The second-order valence-corrected chi connectivity index (χ2v) is 6.11. The van der Waals surface area contributed by atoms with Crippen molar-refractivity contribution in [3.05, 3.63) is 22.4 Å². The van der Waals surface area contributed by atoms with Crippen LogP contribution in [0.2, 0.25) is 0 Å². The van der Waals surface area contributed by atoms with Crippen molar-refractivity contribution in [3.63, 3.8) is 0 Å². The van der Waals surface area contributed by atoms with E-state index >= 15 is 0 Å². The zero-order valence-electron chi connectivity index (χ0n) is 10.6. The Morgan fingerprint density at radius 3 is 2.74 bits per heavy atom. The van der Waals surface area contributed by atoms with Gasteiger partial charge in [-0.1, -0.05) is 12.5 Å². The van der Waals surface area contributed by atoms with Gasteiger partial charge in [0.05, 0.1) is 6.42 Å². The lowest BCUT2D eigenvalue weighted by Gasteiger charge is -2.41. The highest BCUT2D eigenvalue weighted by molar-refractivity contribution is 7.10. The molecule has 5 nitrogen and oxygen atoms in total. The second-order valence-electron chi connectivity index (χ2n) is 5.13. The average molecular weight is 282 g/mol. The summed E-state index contributed by atoms with van der Waals surface area (Å²) in [6.07, 6.45) is 2.85. The predicted octanol–water partition coefficient (Wildman–Crippen LogP) is 1.51. The van der Waals surface area contributed by atoms with Crippen LogP contribution in [-0.4, -0.2) is 23.5 Å². The maximum Gasteiger partial charge on any atom is 0.303 e. The quantitative estimate of drug-likeness (QED) is 0.737. The lowest BCUT2D eigenvalue weighted by molar-refractivity contribution is -0.142. The monoisotopic (exact) mass is 282 g/mol. The fraction of sp³-hybridized carbons (Fsp3) is 0.538. The Kier molecular flexibility index (Phi) is 4.21. The van der Waals surface area contributed by atoms with Crippen molar-refractivity contribution in [3.8, 4) is 0 Å². The first kappa shape index (κ1) is 14.0. The van der Waals surface area contributed by atoms with Crippen LogP contribution in [0.1, 0.15) is 36.6 Å². The van der Waals surface area contributed by atoms with Gasteiger partial charge in [-0.05, 0) is 29.7 Å². The van der Waals surface area contributed by atoms with Crippen LogP contribution in [0.15, 0.2) is 17.5 Å². The molecular weight excluding hydrogens is 264 g/mol. The van der Waals surface area contributed by atoms with Crippen LogP contribution in [0.25, 0.3) is 0 Å². The largest absolute Gasteiger partial charge is 0.481 e. The fourth-order valence-corrected chi connectivity index (χ4v) is 3.12. The highest BCUT2D eigenvalue weighted by Crippen LogP contribution is 2.43. The van der Waals surface area contributed by atoms with Crippen molar-refractivity contribution in [2.45, 2.75) is 31.7 Å². The molecule has 0 radical (unpaired) electrons. The molecule has 0 aliphatic heterocycles. The number of carbonyl (C=O) groups excluding carboxylic acids is 1. The van der Waals surface area contributed by atoms with Crippen LogP contribution in [0.4, 0.5) is 0 Å². The lowest BCUT2D eigenvalue weighted by atomic mass is 9.66. The van der Waals surface area contributed by atoms with Gasteiger partial charge in [-0.15, -0.1) is 11.3 Å². The highest BCUT2D eigenvalue weighted by Gasteiger charge is 2.39. The van der Waals surface area contributed by atoms with Gasteiger partial charge < -0.3 is 16.2 Å². The van der Waals surface area contributed by atoms with Crippen LogP contribution in [0.5, 0.6) is 0 Å². The van der Waals surface area contributed by atoms with Gasteiger partial charge in [0.2, 0.25) is 5.91 Å². The van der Waals surface area contributed by atoms with E-state index in [1.54, 1.807) is 0 Å². The van der Waals surface area contributed by atoms with Gasteiger partial charge >= 0.3 is 5.97 Å². The highest BCUT2D eigenvalue weighted by atomic mass is 32.1. The number of amides is 1. The van der Waals surface area contributed by atoms with Gasteiger partial charge in [-0.25, -0.2) is 0 Å². The number of nitrogens with one attached hydrogen (secondary N) is 1. The van der Waals surface area contributed by atoms with E-state index in [1.165, 1.54) is 11.3 Å². The summed E-state index contributed by atoms with van der Waals surface area (Å²) in [6.45, 7) is 0.400. The van der Waals surface area contributed by atoms with Crippen molar-refractivity contribution >= 4 is 23.2 Å². The first-order valence-corrected chi connectivity index (χ1v) is 7.19. The second kappa shape index (κ2) is 5.71. The van der Waals surface area contributed by atoms with Gasteiger partial charge in [0.15, 0.2) is 0 Å². The Morgan fingerprint density at radius 2 is 2.26 bits per heavy atom. The van der Waals surface area contributed by atoms with E-state index in [-0.39, 0.29) is 17.7 Å². The summed E-state index contributed by atoms with van der Waals surface area (Å²) in [5.74, 6) is -1.05. The number of carbonyl (C=O) groups is 2. The van der Waals surface area contributed by atoms with E-state index in [4.69, 9.17) is 10.8 Å². The summed E-state index contributed by atoms with van der Waals surface area (Å²) < 4.78 is 0. The molecule has 104 valence electrons. The minimum atomic E-state index is -0.809. The van der Waals surface area contributed by atoms with Crippen LogP contribution in [-0.2, 0) is 9.59 Å². The zero-order chi connectivity index (χ0) is 13.9. The molecule has 1 unspecified atom stereocenters. The third-order valence-electron chi connectivity index (χ3n) is 3.71. The lowest BCUT2D eigenvalue weighted by Crippen LogP contribution is -2.45. The van der Waals surface area contributed by atoms with Gasteiger partial charge in [-0.3, -0.25) is 9.59 Å². The van der Waals surface area contributed by atoms with Crippen LogP contribution < -0.4 is 11.1 Å². The first-order valence-electron chi connectivity index (χ1n) is 6.31. The van der Waals surface area contributed by atoms with E-state index in [2.05, 4.69) is 5.32 Å². The molecule has 1 aromatic heterocycles. The molecule has 0 spiro atoms. The molecule has 1 heterocycles. The van der Waals surface area contributed by atoms with E-state index in [0.717, 1.165) is 24.1 Å². The Morgan fingerprint density at radius 1 is 1.53 bits per heavy atom. The van der Waals surface area contributed by atoms with Crippen LogP contribution in [0.3, 0.4) is 0 Å². The topological polar surface area (TPSA) is 92.4 Å². The SMILES string of the molecule is NC(C(=O)NCC1(CC(=O)O)CCC1)c1cccs1. The summed E-state index contributed by atoms with van der Waals surface area (Å²) in [5.41, 5.74) is 5.59. The minimum absolute atomic E-state index is 0.113. The molecule has 0 aromatic carbocycles. The summed E-state index contributed by atoms with van der Waals surface area (Å²) in [6, 6.07) is 3.01. The standard InChI is InChI=1S/C13H18N2O3S/c14-11(9-3-1-6-19-9)12(18)15-8-13(4-2-5-13)7-10(16)17/h1,3,6,11H,2,4-5,7-8,14H2,(H,15,18)(H,16,17). The summed E-state index contributed by atoms with van der Waals surface area (Å²) in [4.78, 5) is 23.6. The smallest absolute Gasteiger partial charge is 0.303 e. The average Bonchev–Trinajstić information content (AvgIpc) is 2.84. The third kappa shape index (κ3) is 3.33. The normalized spacial score (nSPS) is 18.4. The first-order chi connectivity index (χ1) is 9.02. The Bertz CT molecular complexity index is 454. The Balaban J connectivity index is 1.87. The van der Waals surface area contributed by atoms with Gasteiger partial charge in [-0.2, -0.15) is 0 Å². The fourth-order valence-electron chi connectivity index (χ4n) is 2.40. The maximum atomic E-state index is 11.9. The predicted molar refractivity (Wildman–Crippen MR) is 72.8 cm³/mol. The van der Waals surface area contributed by atoms with E-state index in [1.807, 2.05) is 17.5 Å². The number of aliphatic carboxylic acids is 1. The summed E-state index contributed by atoms with van der Waals surface area (Å²) in [5, 5.41) is 13.6. The van der Waals surface area contributed by atoms with Crippen molar-refractivity contribution in [1.29, 1.82) is 0 Å². The van der Waals surface area contributed by atoms with Crippen molar-refractivity contribution in [1.82, 2.24) is 5.32 Å². The van der Waals surface area contributed by atoms with Gasteiger partial charge in [0.1, 0.15) is 6.04 Å². The van der Waals surface area contributed by atoms with Crippen molar-refractivity contribution in [2.24, 2.45) is 11.1 Å². The number of hydrogen-bond donors (Lipinski definition) is 3. The van der Waals surface area contributed by atoms with Crippen molar-refractivity contribution < 1.29 is 14.7 Å². The number of hydrogen-bond acceptors (Lipinski definition) is 4. The Hall–Kier alpha value is -1.40. The number of carboxylic acids is 1. The molecule has 1 aromatic rings. The van der Waals surface area contributed by atoms with Crippen LogP contribution >= 0.6 is 11.3 Å². The number of carboxylic acid groups (broad SMARTS) is 1. The number of thiophene rings is 1. The van der Waals surface area contributed by atoms with E-state index in [9.17, 15) is 9.59 Å². The minimum Gasteiger partial charge on any atom is -0.481 e. The van der Waals surface area contributed by atoms with Crippen molar-refractivity contribution in [2.75, 3.05) is 6.54 Å². The molecule has 4 N–H and O–H groups in total. The summed E-state index contributed by atoms with van der Waals surface area (Å²) >= 11 is 1.44. The molecule has 1 amide bonds. The molecule has 1 aliphatic carbocycles. The number of nitrogens with two attached hydrogens (primary N) is 1. The molecule has 1 fully saturated rings. The van der Waals surface area contributed by atoms with Gasteiger partial charge in [0.25, 0.3) is 0 Å². The molecular formula is C13H18N2O3S. The number of rotatable bonds is 6. The molecule has 0 saturated heterocycles. The molecule has 1 aliphatic rings. The van der Waals surface area contributed by atoms with Crippen LogP contribution in [0, 0.1) is 5.41 Å². The van der Waals surface area contributed by atoms with Gasteiger partial charge in [0, 0.05) is 11.4 Å². The Labute approximate surface area is 115 Å². The zero-order valence-corrected chi connectivity index (χ0v) is 11.4. The molecule has 1 saturated carbocycles. The van der Waals surface area contributed by atoms with E-state index < -0.39 is 12.0 Å². The third-order valence-corrected chi connectivity index (χ3v) is 4.67. The maximum absolute atomic E-state index is 11.9.